The molecule has 1 rings (SSSR count). The number of rotatable bonds is 6. The summed E-state index contributed by atoms with van der Waals surface area (Å²) in [7, 11) is -3.68. The fraction of sp³-hybridized carbons (Fsp3) is 0.364. The molecule has 0 atom stereocenters. The number of carbonyl (C=O) groups excluding carboxylic acids is 1. The van der Waals surface area contributed by atoms with Crippen LogP contribution in [-0.4, -0.2) is 31.7 Å². The average Bonchev–Trinajstić information content (AvgIpc) is 2.32. The van der Waals surface area contributed by atoms with E-state index >= 15 is 0 Å². The van der Waals surface area contributed by atoms with Gasteiger partial charge in [0.1, 0.15) is 6.61 Å². The first-order valence-corrected chi connectivity index (χ1v) is 7.48. The number of nitrogens with one attached hydrogen (secondary N) is 1. The van der Waals surface area contributed by atoms with Gasteiger partial charge in [0.2, 0.25) is 10.0 Å². The van der Waals surface area contributed by atoms with E-state index in [-0.39, 0.29) is 16.5 Å². The van der Waals surface area contributed by atoms with E-state index < -0.39 is 33.8 Å². The van der Waals surface area contributed by atoms with E-state index in [4.69, 9.17) is 16.7 Å². The summed E-state index contributed by atoms with van der Waals surface area (Å²) in [5.74, 6) is -2.18. The highest BCUT2D eigenvalue weighted by molar-refractivity contribution is 7.92. The Morgan fingerprint density at radius 1 is 1.47 bits per heavy atom. The SMILES string of the molecule is CCCS(=O)(=O)Nc1ccc(Cl)c(C(=O)CO)c1F. The van der Waals surface area contributed by atoms with Crippen molar-refractivity contribution in [2.75, 3.05) is 17.1 Å². The van der Waals surface area contributed by atoms with Crippen LogP contribution >= 0.6 is 11.6 Å². The van der Waals surface area contributed by atoms with Gasteiger partial charge in [-0.15, -0.1) is 0 Å². The number of anilines is 1. The van der Waals surface area contributed by atoms with Gasteiger partial charge in [-0.05, 0) is 18.6 Å². The molecule has 0 heterocycles. The summed E-state index contributed by atoms with van der Waals surface area (Å²) in [5.41, 5.74) is -0.893. The Morgan fingerprint density at radius 2 is 2.11 bits per heavy atom. The first-order valence-electron chi connectivity index (χ1n) is 5.45. The Morgan fingerprint density at radius 3 is 2.63 bits per heavy atom. The van der Waals surface area contributed by atoms with Crippen LogP contribution in [0.5, 0.6) is 0 Å². The summed E-state index contributed by atoms with van der Waals surface area (Å²) in [6.07, 6.45) is 0.368. The number of aliphatic hydroxyl groups is 1. The second-order valence-corrected chi connectivity index (χ2v) is 6.04. The van der Waals surface area contributed by atoms with Crippen molar-refractivity contribution in [3.63, 3.8) is 0 Å². The maximum Gasteiger partial charge on any atom is 0.232 e. The van der Waals surface area contributed by atoms with Gasteiger partial charge in [-0.25, -0.2) is 12.8 Å². The number of aliphatic hydroxyl groups excluding tert-OH is 1. The normalized spacial score (nSPS) is 11.4. The van der Waals surface area contributed by atoms with Crippen LogP contribution in [0.1, 0.15) is 23.7 Å². The molecule has 8 heteroatoms. The molecule has 2 N–H and O–H groups in total. The van der Waals surface area contributed by atoms with Crippen molar-refractivity contribution in [1.82, 2.24) is 0 Å². The number of hydrogen-bond acceptors (Lipinski definition) is 4. The monoisotopic (exact) mass is 309 g/mol. The van der Waals surface area contributed by atoms with Crippen LogP contribution in [0, 0.1) is 5.82 Å². The molecule has 0 saturated carbocycles. The maximum absolute atomic E-state index is 14.0. The van der Waals surface area contributed by atoms with Gasteiger partial charge in [-0.1, -0.05) is 18.5 Å². The molecule has 1 aromatic carbocycles. The van der Waals surface area contributed by atoms with Crippen LogP contribution in [0.25, 0.3) is 0 Å². The molecule has 0 radical (unpaired) electrons. The highest BCUT2D eigenvalue weighted by Crippen LogP contribution is 2.26. The van der Waals surface area contributed by atoms with Gasteiger partial charge < -0.3 is 5.11 Å². The molecule has 0 fully saturated rings. The van der Waals surface area contributed by atoms with Crippen molar-refractivity contribution < 1.29 is 22.7 Å². The lowest BCUT2D eigenvalue weighted by Crippen LogP contribution is -2.18. The molecule has 0 aliphatic heterocycles. The van der Waals surface area contributed by atoms with E-state index in [1.165, 1.54) is 6.07 Å². The van der Waals surface area contributed by atoms with E-state index in [1.54, 1.807) is 6.92 Å². The van der Waals surface area contributed by atoms with Crippen LogP contribution in [0.15, 0.2) is 12.1 Å². The van der Waals surface area contributed by atoms with Gasteiger partial charge in [-0.3, -0.25) is 9.52 Å². The van der Waals surface area contributed by atoms with Gasteiger partial charge in [0.05, 0.1) is 22.0 Å². The Hall–Kier alpha value is -1.18. The number of hydrogen-bond donors (Lipinski definition) is 2. The van der Waals surface area contributed by atoms with Crippen molar-refractivity contribution in [2.45, 2.75) is 13.3 Å². The Bertz CT molecular complexity index is 589. The number of ketones is 1. The highest BCUT2D eigenvalue weighted by Gasteiger charge is 2.21. The molecule has 0 amide bonds. The molecule has 5 nitrogen and oxygen atoms in total. The van der Waals surface area contributed by atoms with Gasteiger partial charge in [0.25, 0.3) is 0 Å². The molecule has 106 valence electrons. The summed E-state index contributed by atoms with van der Waals surface area (Å²) in [6.45, 7) is 0.750. The predicted octanol–water partition coefficient (Wildman–Crippen LogP) is 1.81. The zero-order valence-corrected chi connectivity index (χ0v) is 11.7. The summed E-state index contributed by atoms with van der Waals surface area (Å²) in [6, 6.07) is 2.32. The summed E-state index contributed by atoms with van der Waals surface area (Å²) >= 11 is 5.66. The minimum Gasteiger partial charge on any atom is -0.388 e. The molecule has 0 spiro atoms. The van der Waals surface area contributed by atoms with Crippen LogP contribution in [0.3, 0.4) is 0 Å². The van der Waals surface area contributed by atoms with Crippen LogP contribution in [0.4, 0.5) is 10.1 Å². The van der Waals surface area contributed by atoms with Crippen LogP contribution < -0.4 is 4.72 Å². The van der Waals surface area contributed by atoms with Crippen molar-refractivity contribution >= 4 is 33.1 Å². The predicted molar refractivity (Wildman–Crippen MR) is 70.5 cm³/mol. The highest BCUT2D eigenvalue weighted by atomic mass is 35.5. The quantitative estimate of drug-likeness (QED) is 0.785. The number of benzene rings is 1. The summed E-state index contributed by atoms with van der Waals surface area (Å²) in [5, 5.41) is 8.55. The van der Waals surface area contributed by atoms with E-state index in [0.717, 1.165) is 6.07 Å². The summed E-state index contributed by atoms with van der Waals surface area (Å²) < 4.78 is 39.1. The second kappa shape index (κ2) is 6.31. The Labute approximate surface area is 115 Å². The van der Waals surface area contributed by atoms with E-state index in [2.05, 4.69) is 0 Å². The fourth-order valence-corrected chi connectivity index (χ4v) is 2.84. The zero-order chi connectivity index (χ0) is 14.6. The van der Waals surface area contributed by atoms with Crippen LogP contribution in [0.2, 0.25) is 5.02 Å². The van der Waals surface area contributed by atoms with Gasteiger partial charge in [0.15, 0.2) is 11.6 Å². The Balaban J connectivity index is 3.22. The molecular formula is C11H13ClFNO4S. The molecule has 19 heavy (non-hydrogen) atoms. The van der Waals surface area contributed by atoms with E-state index in [9.17, 15) is 17.6 Å². The Kier molecular flexibility index (Phi) is 5.28. The number of Topliss-reactive ketones (excluding diaryl/α,β-unsaturated/α-hetero) is 1. The second-order valence-electron chi connectivity index (χ2n) is 3.79. The lowest BCUT2D eigenvalue weighted by molar-refractivity contribution is 0.0900. The van der Waals surface area contributed by atoms with Gasteiger partial charge in [0, 0.05) is 0 Å². The van der Waals surface area contributed by atoms with Gasteiger partial charge in [-0.2, -0.15) is 0 Å². The number of sulfonamides is 1. The standard InChI is InChI=1S/C11H13ClFNO4S/c1-2-5-19(17,18)14-8-4-3-7(12)10(11(8)13)9(16)6-15/h3-4,14-15H,2,5-6H2,1H3. The average molecular weight is 310 g/mol. The molecule has 0 aliphatic carbocycles. The third kappa shape index (κ3) is 3.89. The van der Waals surface area contributed by atoms with Crippen LogP contribution in [-0.2, 0) is 10.0 Å². The minimum atomic E-state index is -3.68. The first kappa shape index (κ1) is 15.9. The molecule has 1 aromatic rings. The fourth-order valence-electron chi connectivity index (χ4n) is 1.45. The number of halogens is 2. The molecule has 0 saturated heterocycles. The molecule has 0 bridgehead atoms. The maximum atomic E-state index is 14.0. The van der Waals surface area contributed by atoms with Crippen molar-refractivity contribution in [3.05, 3.63) is 28.5 Å². The van der Waals surface area contributed by atoms with E-state index in [0.29, 0.717) is 6.42 Å². The topological polar surface area (TPSA) is 83.5 Å². The van der Waals surface area contributed by atoms with Crippen molar-refractivity contribution in [1.29, 1.82) is 0 Å². The van der Waals surface area contributed by atoms with E-state index in [1.807, 2.05) is 4.72 Å². The molecular weight excluding hydrogens is 297 g/mol. The van der Waals surface area contributed by atoms with Gasteiger partial charge >= 0.3 is 0 Å². The molecule has 0 aromatic heterocycles. The lowest BCUT2D eigenvalue weighted by atomic mass is 10.1. The lowest BCUT2D eigenvalue weighted by Gasteiger charge is -2.11. The van der Waals surface area contributed by atoms with Crippen molar-refractivity contribution in [2.24, 2.45) is 0 Å². The van der Waals surface area contributed by atoms with Crippen molar-refractivity contribution in [3.8, 4) is 0 Å². The summed E-state index contributed by atoms with van der Waals surface area (Å²) in [4.78, 5) is 11.3. The minimum absolute atomic E-state index is 0.168. The third-order valence-corrected chi connectivity index (χ3v) is 4.04. The smallest absolute Gasteiger partial charge is 0.232 e. The molecule has 0 unspecified atom stereocenters. The first-order chi connectivity index (χ1) is 8.82. The number of carbonyl (C=O) groups is 1. The molecule has 0 aliphatic rings. The largest absolute Gasteiger partial charge is 0.388 e. The zero-order valence-electron chi connectivity index (χ0n) is 10.1. The third-order valence-electron chi connectivity index (χ3n) is 2.25.